The highest BCUT2D eigenvalue weighted by atomic mass is 16.7. The average molecular weight is 1140 g/mol. The standard InChI is InChI=1S/C24H25NO3.C18H16N2O2.C17H19NO3.C11H9NO2/c26-21(18-28-24-12-6-7-15-27-24)14-13-20-17-25(16-19-8-2-1-3-9-19)23-11-5-4-10-22(20)23;21-18(19-22)11-10-15-13-20(12-14-6-2-1-3-7-14)17-9-5-4-8-16(15)17;19-14(12-21-17-7-3-4-10-20-17)9-8-13-11-18-16-6-2-1-5-15(13)16;13-11(14)6-5-8-7-12-10-4-2-1-3-9(8)10/h1-5,8-11,13-14,17,24H,6-7,12,15-16,18H2;1-11,13,22H,12H2,(H,19,21);1-2,5-6,8-9,11,17-18H,3-4,7,10,12H2;1-7,12H,(H,13,14)/b14-13+;11-10+;9-8+;6-5+. The molecule has 2 saturated heterocycles. The molecule has 5 N–H and O–H groups in total. The highest BCUT2D eigenvalue weighted by Crippen LogP contribution is 2.26. The highest BCUT2D eigenvalue weighted by molar-refractivity contribution is 6.00. The van der Waals surface area contributed by atoms with Gasteiger partial charge in [0, 0.05) is 118 Å². The number of carboxylic acids is 1. The zero-order chi connectivity index (χ0) is 59.0. The second kappa shape index (κ2) is 31.3. The van der Waals surface area contributed by atoms with Gasteiger partial charge in [-0.25, -0.2) is 10.3 Å². The molecule has 6 aromatic carbocycles. The number of benzene rings is 6. The summed E-state index contributed by atoms with van der Waals surface area (Å²) in [7, 11) is 0. The Bertz CT molecular complexity index is 3910. The minimum Gasteiger partial charge on any atom is -0.478 e. The number of carboxylic acid groups (broad SMARTS) is 1. The van der Waals surface area contributed by atoms with Gasteiger partial charge in [-0.3, -0.25) is 19.6 Å². The first kappa shape index (κ1) is 60.1. The molecule has 434 valence electrons. The van der Waals surface area contributed by atoms with Crippen LogP contribution in [0.2, 0.25) is 0 Å². The lowest BCUT2D eigenvalue weighted by molar-refractivity contribution is -0.167. The Labute approximate surface area is 493 Å². The number of nitrogens with one attached hydrogen (secondary N) is 3. The summed E-state index contributed by atoms with van der Waals surface area (Å²) in [5.41, 5.74) is 12.3. The smallest absolute Gasteiger partial charge is 0.328 e. The molecule has 12 rings (SSSR count). The first-order valence-corrected chi connectivity index (χ1v) is 28.4. The zero-order valence-corrected chi connectivity index (χ0v) is 47.1. The number of amides is 1. The first-order chi connectivity index (χ1) is 41.7. The summed E-state index contributed by atoms with van der Waals surface area (Å²) in [6.07, 6.45) is 26.1. The molecule has 15 nitrogen and oxygen atoms in total. The van der Waals surface area contributed by atoms with Gasteiger partial charge in [0.05, 0.1) is 0 Å². The van der Waals surface area contributed by atoms with E-state index in [1.54, 1.807) is 36.0 Å². The van der Waals surface area contributed by atoms with Crippen molar-refractivity contribution in [3.05, 3.63) is 240 Å². The van der Waals surface area contributed by atoms with E-state index in [9.17, 15) is 19.2 Å². The summed E-state index contributed by atoms with van der Waals surface area (Å²) < 4.78 is 26.4. The Morgan fingerprint density at radius 2 is 0.894 bits per heavy atom. The number of hydroxylamine groups is 1. The summed E-state index contributed by atoms with van der Waals surface area (Å²) in [6.45, 7) is 3.14. The number of ketones is 2. The van der Waals surface area contributed by atoms with Crippen LogP contribution in [0.3, 0.4) is 0 Å². The van der Waals surface area contributed by atoms with Crippen LogP contribution in [0, 0.1) is 0 Å². The molecule has 0 bridgehead atoms. The summed E-state index contributed by atoms with van der Waals surface area (Å²) in [5, 5.41) is 21.4. The van der Waals surface area contributed by atoms with Crippen LogP contribution in [0.5, 0.6) is 0 Å². The summed E-state index contributed by atoms with van der Waals surface area (Å²) >= 11 is 0. The number of carbonyl (C=O) groups excluding carboxylic acids is 3. The van der Waals surface area contributed by atoms with E-state index >= 15 is 0 Å². The summed E-state index contributed by atoms with van der Waals surface area (Å²) in [4.78, 5) is 51.8. The Morgan fingerprint density at radius 1 is 0.494 bits per heavy atom. The van der Waals surface area contributed by atoms with Gasteiger partial charge in [-0.1, -0.05) is 133 Å². The molecule has 10 aromatic rings. The van der Waals surface area contributed by atoms with Crippen molar-refractivity contribution in [2.45, 2.75) is 64.2 Å². The van der Waals surface area contributed by atoms with Crippen molar-refractivity contribution in [2.24, 2.45) is 0 Å². The van der Waals surface area contributed by atoms with Crippen LogP contribution >= 0.6 is 0 Å². The number of hydrogen-bond acceptors (Lipinski definition) is 9. The maximum Gasteiger partial charge on any atom is 0.328 e. The second-order valence-corrected chi connectivity index (χ2v) is 20.3. The van der Waals surface area contributed by atoms with Crippen LogP contribution in [-0.2, 0) is 51.2 Å². The van der Waals surface area contributed by atoms with E-state index in [1.807, 2.05) is 128 Å². The molecule has 6 heterocycles. The fraction of sp³-hybridized carbons (Fsp3) is 0.200. The number of aromatic nitrogens is 4. The van der Waals surface area contributed by atoms with Gasteiger partial charge in [-0.05, 0) is 122 Å². The predicted molar refractivity (Wildman–Crippen MR) is 334 cm³/mol. The number of fused-ring (bicyclic) bond motifs is 4. The van der Waals surface area contributed by atoms with Gasteiger partial charge in [0.25, 0.3) is 5.91 Å². The number of H-pyrrole nitrogens is 2. The number of ether oxygens (including phenoxy) is 4. The molecule has 2 aliphatic heterocycles. The molecule has 0 saturated carbocycles. The van der Waals surface area contributed by atoms with E-state index in [4.69, 9.17) is 29.3 Å². The van der Waals surface area contributed by atoms with E-state index < -0.39 is 11.9 Å². The van der Waals surface area contributed by atoms with Gasteiger partial charge in [-0.15, -0.1) is 0 Å². The van der Waals surface area contributed by atoms with Crippen LogP contribution in [0.15, 0.2) is 207 Å². The fourth-order valence-corrected chi connectivity index (χ4v) is 9.96. The number of rotatable bonds is 18. The number of aromatic amines is 2. The Morgan fingerprint density at radius 3 is 1.33 bits per heavy atom. The fourth-order valence-electron chi connectivity index (χ4n) is 9.96. The maximum absolute atomic E-state index is 12.2. The van der Waals surface area contributed by atoms with Gasteiger partial charge in [-0.2, -0.15) is 0 Å². The largest absolute Gasteiger partial charge is 0.478 e. The van der Waals surface area contributed by atoms with Gasteiger partial charge in [0.2, 0.25) is 0 Å². The van der Waals surface area contributed by atoms with Crippen LogP contribution in [0.25, 0.3) is 67.9 Å². The monoisotopic (exact) mass is 1140 g/mol. The van der Waals surface area contributed by atoms with E-state index in [2.05, 4.69) is 79.9 Å². The third-order valence-electron chi connectivity index (χ3n) is 14.2. The molecule has 2 aliphatic rings. The third kappa shape index (κ3) is 17.8. The molecular formula is C70H69N5O10. The second-order valence-electron chi connectivity index (χ2n) is 20.3. The number of hydrogen-bond donors (Lipinski definition) is 5. The summed E-state index contributed by atoms with van der Waals surface area (Å²) in [5.74, 6) is -1.57. The molecule has 4 aromatic heterocycles. The highest BCUT2D eigenvalue weighted by Gasteiger charge is 2.17. The van der Waals surface area contributed by atoms with Gasteiger partial charge in [0.15, 0.2) is 24.1 Å². The van der Waals surface area contributed by atoms with Gasteiger partial charge >= 0.3 is 5.97 Å². The minimum absolute atomic E-state index is 0.0468. The number of aliphatic carboxylic acids is 1. The lowest BCUT2D eigenvalue weighted by Gasteiger charge is -2.21. The van der Waals surface area contributed by atoms with Crippen molar-refractivity contribution in [1.82, 2.24) is 24.6 Å². The van der Waals surface area contributed by atoms with Crippen molar-refractivity contribution in [3.63, 3.8) is 0 Å². The van der Waals surface area contributed by atoms with E-state index in [0.29, 0.717) is 0 Å². The Kier molecular flexibility index (Phi) is 22.1. The first-order valence-electron chi connectivity index (χ1n) is 28.4. The SMILES string of the molecule is O=C(/C=C/c1c[nH]c2ccccc12)COC1CCCCO1.O=C(/C=C/c1cn(Cc2ccccc2)c2ccccc12)COC1CCCCO1.O=C(/C=C/c1cn(Cc2ccccc2)c2ccccc12)NO.O=C(O)/C=C/c1c[nH]c2ccccc12. The Hall–Kier alpha value is -9.48. The van der Waals surface area contributed by atoms with E-state index in [0.717, 1.165) is 137 Å². The van der Waals surface area contributed by atoms with Crippen LogP contribution in [-0.4, -0.2) is 91.9 Å². The summed E-state index contributed by atoms with van der Waals surface area (Å²) in [6, 6.07) is 52.7. The molecular weight excluding hydrogens is 1070 g/mol. The van der Waals surface area contributed by atoms with Crippen LogP contribution in [0.1, 0.15) is 71.9 Å². The molecule has 2 unspecified atom stereocenters. The van der Waals surface area contributed by atoms with E-state index in [1.165, 1.54) is 17.2 Å². The third-order valence-corrected chi connectivity index (χ3v) is 14.2. The number of nitrogens with zero attached hydrogens (tertiary/aromatic N) is 2. The molecule has 85 heavy (non-hydrogen) atoms. The molecule has 0 aliphatic carbocycles. The van der Waals surface area contributed by atoms with Crippen LogP contribution in [0.4, 0.5) is 0 Å². The van der Waals surface area contributed by atoms with Crippen molar-refractivity contribution < 1.29 is 48.4 Å². The minimum atomic E-state index is -0.935. The van der Waals surface area contributed by atoms with Crippen LogP contribution < -0.4 is 5.48 Å². The predicted octanol–water partition coefficient (Wildman–Crippen LogP) is 13.6. The van der Waals surface area contributed by atoms with Crippen molar-refractivity contribution >= 4 is 91.4 Å². The quantitative estimate of drug-likeness (QED) is 0.0313. The lowest BCUT2D eigenvalue weighted by Crippen LogP contribution is -2.24. The number of carbonyl (C=O) groups is 4. The molecule has 1 amide bonds. The molecule has 2 fully saturated rings. The lowest BCUT2D eigenvalue weighted by atomic mass is 10.1. The average Bonchev–Trinajstić information content (AvgIpc) is 3.49. The number of para-hydroxylation sites is 4. The van der Waals surface area contributed by atoms with E-state index in [-0.39, 0.29) is 37.4 Å². The van der Waals surface area contributed by atoms with Crippen molar-refractivity contribution in [3.8, 4) is 0 Å². The topological polar surface area (TPSA) is 199 Å². The van der Waals surface area contributed by atoms with Crippen molar-refractivity contribution in [1.29, 1.82) is 0 Å². The molecule has 0 spiro atoms. The molecule has 0 radical (unpaired) electrons. The zero-order valence-electron chi connectivity index (χ0n) is 47.1. The normalized spacial score (nSPS) is 15.2. The molecule has 2 atom stereocenters. The van der Waals surface area contributed by atoms with Crippen molar-refractivity contribution in [2.75, 3.05) is 26.4 Å². The van der Waals surface area contributed by atoms with Gasteiger partial charge in [0.1, 0.15) is 13.2 Å². The molecule has 15 heteroatoms. The Balaban J connectivity index is 0.000000139. The van der Waals surface area contributed by atoms with Gasteiger partial charge < -0.3 is 43.2 Å². The maximum atomic E-state index is 12.2.